The van der Waals surface area contributed by atoms with E-state index in [-0.39, 0.29) is 0 Å². The average molecular weight is 241 g/mol. The van der Waals surface area contributed by atoms with Crippen molar-refractivity contribution in [1.29, 1.82) is 0 Å². The molecule has 0 radical (unpaired) electrons. The Kier molecular flexibility index (Phi) is 6.50. The standard InChI is InChI=1S/C15H31NO/c1-5-15(6-2,12-16-14-7-8-14)9-10-17-11-13(3)4/h13-14,16H,5-12H2,1-4H3. The van der Waals surface area contributed by atoms with Crippen LogP contribution in [-0.2, 0) is 4.74 Å². The van der Waals surface area contributed by atoms with Gasteiger partial charge in [-0.2, -0.15) is 0 Å². The quantitative estimate of drug-likeness (QED) is 0.590. The van der Waals surface area contributed by atoms with Crippen molar-refractivity contribution >= 4 is 0 Å². The first-order chi connectivity index (χ1) is 8.12. The fourth-order valence-corrected chi connectivity index (χ4v) is 2.20. The molecule has 1 aliphatic carbocycles. The van der Waals surface area contributed by atoms with Crippen molar-refractivity contribution in [2.75, 3.05) is 19.8 Å². The van der Waals surface area contributed by atoms with E-state index in [1.54, 1.807) is 0 Å². The van der Waals surface area contributed by atoms with Gasteiger partial charge < -0.3 is 10.1 Å². The van der Waals surface area contributed by atoms with Crippen LogP contribution in [0.5, 0.6) is 0 Å². The largest absolute Gasteiger partial charge is 0.381 e. The number of hydrogen-bond donors (Lipinski definition) is 1. The zero-order valence-electron chi connectivity index (χ0n) is 12.2. The summed E-state index contributed by atoms with van der Waals surface area (Å²) in [5, 5.41) is 3.69. The third-order valence-electron chi connectivity index (χ3n) is 4.07. The summed E-state index contributed by atoms with van der Waals surface area (Å²) in [6, 6.07) is 0.823. The van der Waals surface area contributed by atoms with Gasteiger partial charge in [0, 0.05) is 25.8 Å². The highest BCUT2D eigenvalue weighted by Gasteiger charge is 2.29. The van der Waals surface area contributed by atoms with Crippen molar-refractivity contribution in [2.24, 2.45) is 11.3 Å². The molecule has 1 rings (SSSR count). The Bertz CT molecular complexity index is 195. The van der Waals surface area contributed by atoms with E-state index in [1.165, 1.54) is 38.6 Å². The fraction of sp³-hybridized carbons (Fsp3) is 1.00. The zero-order chi connectivity index (χ0) is 12.7. The topological polar surface area (TPSA) is 21.3 Å². The summed E-state index contributed by atoms with van der Waals surface area (Å²) < 4.78 is 5.75. The van der Waals surface area contributed by atoms with Crippen LogP contribution < -0.4 is 5.32 Å². The molecule has 1 fully saturated rings. The van der Waals surface area contributed by atoms with Gasteiger partial charge in [0.1, 0.15) is 0 Å². The third kappa shape index (κ3) is 5.87. The second kappa shape index (κ2) is 7.38. The summed E-state index contributed by atoms with van der Waals surface area (Å²) >= 11 is 0. The number of hydrogen-bond acceptors (Lipinski definition) is 2. The maximum atomic E-state index is 5.75. The predicted molar refractivity (Wildman–Crippen MR) is 74.3 cm³/mol. The van der Waals surface area contributed by atoms with Gasteiger partial charge in [0.25, 0.3) is 0 Å². The van der Waals surface area contributed by atoms with E-state index in [0.29, 0.717) is 11.3 Å². The van der Waals surface area contributed by atoms with Crippen molar-refractivity contribution in [3.8, 4) is 0 Å². The highest BCUT2D eigenvalue weighted by molar-refractivity contribution is 4.86. The zero-order valence-corrected chi connectivity index (χ0v) is 12.2. The minimum Gasteiger partial charge on any atom is -0.381 e. The molecule has 1 N–H and O–H groups in total. The van der Waals surface area contributed by atoms with Crippen LogP contribution >= 0.6 is 0 Å². The van der Waals surface area contributed by atoms with Crippen LogP contribution in [-0.4, -0.2) is 25.8 Å². The maximum absolute atomic E-state index is 5.75. The molecule has 1 aliphatic rings. The van der Waals surface area contributed by atoms with Gasteiger partial charge in [0.2, 0.25) is 0 Å². The lowest BCUT2D eigenvalue weighted by atomic mass is 9.79. The first-order valence-electron chi connectivity index (χ1n) is 7.43. The molecular formula is C15H31NO. The minimum atomic E-state index is 0.458. The second-order valence-electron chi connectivity index (χ2n) is 6.08. The monoisotopic (exact) mass is 241 g/mol. The van der Waals surface area contributed by atoms with Crippen LogP contribution in [0.2, 0.25) is 0 Å². The Morgan fingerprint density at radius 2 is 1.88 bits per heavy atom. The van der Waals surface area contributed by atoms with E-state index >= 15 is 0 Å². The number of ether oxygens (including phenoxy) is 1. The van der Waals surface area contributed by atoms with Gasteiger partial charge in [0.05, 0.1) is 0 Å². The lowest BCUT2D eigenvalue weighted by Crippen LogP contribution is -2.35. The molecule has 0 unspecified atom stereocenters. The Morgan fingerprint density at radius 3 is 2.35 bits per heavy atom. The van der Waals surface area contributed by atoms with Gasteiger partial charge >= 0.3 is 0 Å². The molecule has 0 saturated heterocycles. The summed E-state index contributed by atoms with van der Waals surface area (Å²) in [5.41, 5.74) is 0.458. The van der Waals surface area contributed by atoms with Crippen molar-refractivity contribution < 1.29 is 4.74 Å². The van der Waals surface area contributed by atoms with E-state index in [0.717, 1.165) is 19.3 Å². The van der Waals surface area contributed by atoms with Gasteiger partial charge in [-0.25, -0.2) is 0 Å². The Balaban J connectivity index is 2.23. The lowest BCUT2D eigenvalue weighted by Gasteiger charge is -2.32. The first kappa shape index (κ1) is 15.0. The Hall–Kier alpha value is -0.0800. The molecule has 17 heavy (non-hydrogen) atoms. The van der Waals surface area contributed by atoms with E-state index < -0.39 is 0 Å². The predicted octanol–water partition coefficient (Wildman–Crippen LogP) is 3.61. The molecule has 2 nitrogen and oxygen atoms in total. The average Bonchev–Trinajstić information content (AvgIpc) is 3.13. The maximum Gasteiger partial charge on any atom is 0.0488 e. The summed E-state index contributed by atoms with van der Waals surface area (Å²) in [4.78, 5) is 0. The van der Waals surface area contributed by atoms with Crippen LogP contribution in [0.1, 0.15) is 59.8 Å². The minimum absolute atomic E-state index is 0.458. The SMILES string of the molecule is CCC(CC)(CCOCC(C)C)CNC1CC1. The number of rotatable bonds is 10. The molecule has 0 spiro atoms. The third-order valence-corrected chi connectivity index (χ3v) is 4.07. The van der Waals surface area contributed by atoms with E-state index in [2.05, 4.69) is 33.0 Å². The Labute approximate surface area is 108 Å². The molecular weight excluding hydrogens is 210 g/mol. The van der Waals surface area contributed by atoms with Crippen molar-refractivity contribution in [3.63, 3.8) is 0 Å². The van der Waals surface area contributed by atoms with Crippen molar-refractivity contribution in [3.05, 3.63) is 0 Å². The molecule has 0 aliphatic heterocycles. The van der Waals surface area contributed by atoms with Crippen LogP contribution in [0.25, 0.3) is 0 Å². The van der Waals surface area contributed by atoms with Crippen LogP contribution in [0.3, 0.4) is 0 Å². The summed E-state index contributed by atoms with van der Waals surface area (Å²) in [6.45, 7) is 12.1. The van der Waals surface area contributed by atoms with E-state index in [1.807, 2.05) is 0 Å². The highest BCUT2D eigenvalue weighted by atomic mass is 16.5. The first-order valence-corrected chi connectivity index (χ1v) is 7.43. The second-order valence-corrected chi connectivity index (χ2v) is 6.08. The van der Waals surface area contributed by atoms with Crippen molar-refractivity contribution in [2.45, 2.75) is 65.8 Å². The lowest BCUT2D eigenvalue weighted by molar-refractivity contribution is 0.0720. The molecule has 0 amide bonds. The van der Waals surface area contributed by atoms with Crippen LogP contribution in [0, 0.1) is 11.3 Å². The normalized spacial score (nSPS) is 16.8. The van der Waals surface area contributed by atoms with Gasteiger partial charge in [-0.1, -0.05) is 27.7 Å². The van der Waals surface area contributed by atoms with Gasteiger partial charge in [-0.3, -0.25) is 0 Å². The highest BCUT2D eigenvalue weighted by Crippen LogP contribution is 2.31. The smallest absolute Gasteiger partial charge is 0.0488 e. The van der Waals surface area contributed by atoms with Crippen LogP contribution in [0.15, 0.2) is 0 Å². The molecule has 102 valence electrons. The molecule has 2 heteroatoms. The molecule has 0 aromatic carbocycles. The van der Waals surface area contributed by atoms with Gasteiger partial charge in [-0.05, 0) is 43.4 Å². The summed E-state index contributed by atoms with van der Waals surface area (Å²) in [7, 11) is 0. The Morgan fingerprint density at radius 1 is 1.24 bits per heavy atom. The number of nitrogens with one attached hydrogen (secondary N) is 1. The van der Waals surface area contributed by atoms with E-state index in [9.17, 15) is 0 Å². The van der Waals surface area contributed by atoms with E-state index in [4.69, 9.17) is 4.74 Å². The van der Waals surface area contributed by atoms with Gasteiger partial charge in [-0.15, -0.1) is 0 Å². The molecule has 0 aromatic rings. The molecule has 0 atom stereocenters. The van der Waals surface area contributed by atoms with Gasteiger partial charge in [0.15, 0.2) is 0 Å². The summed E-state index contributed by atoms with van der Waals surface area (Å²) in [6.07, 6.45) is 6.48. The molecule has 1 saturated carbocycles. The fourth-order valence-electron chi connectivity index (χ4n) is 2.20. The van der Waals surface area contributed by atoms with Crippen molar-refractivity contribution in [1.82, 2.24) is 5.32 Å². The summed E-state index contributed by atoms with van der Waals surface area (Å²) in [5.74, 6) is 0.650. The molecule has 0 heterocycles. The molecule has 0 aromatic heterocycles. The molecule has 0 bridgehead atoms. The van der Waals surface area contributed by atoms with Crippen LogP contribution in [0.4, 0.5) is 0 Å².